The van der Waals surface area contributed by atoms with E-state index < -0.39 is 0 Å². The number of nitrogens with zero attached hydrogens (tertiary/aromatic N) is 2. The van der Waals surface area contributed by atoms with Crippen LogP contribution in [0.3, 0.4) is 0 Å². The van der Waals surface area contributed by atoms with Gasteiger partial charge >= 0.3 is 6.01 Å². The number of rotatable bonds is 4. The minimum Gasteiger partial charge on any atom is -0.424 e. The highest BCUT2D eigenvalue weighted by atomic mass is 79.9. The summed E-state index contributed by atoms with van der Waals surface area (Å²) in [5.41, 5.74) is 0.510. The van der Waals surface area contributed by atoms with Crippen LogP contribution in [0, 0.1) is 5.41 Å². The molecule has 0 saturated carbocycles. The Morgan fingerprint density at radius 2 is 1.69 bits per heavy atom. The zero-order valence-electron chi connectivity index (χ0n) is 13.3. The fraction of sp³-hybridized carbons (Fsp3) is 0. The second-order valence-electron chi connectivity index (χ2n) is 5.01. The number of thioether (sulfide) groups is 1. The fourth-order valence-corrected chi connectivity index (χ4v) is 2.80. The Balaban J connectivity index is 1.56. The van der Waals surface area contributed by atoms with E-state index in [1.54, 1.807) is 60.9 Å². The van der Waals surface area contributed by atoms with Gasteiger partial charge in [0.15, 0.2) is 5.17 Å². The van der Waals surface area contributed by atoms with E-state index in [9.17, 15) is 4.79 Å². The Hall–Kier alpha value is -2.71. The number of benzene rings is 2. The van der Waals surface area contributed by atoms with Gasteiger partial charge in [-0.2, -0.15) is 0 Å². The molecule has 1 heterocycles. The lowest BCUT2D eigenvalue weighted by Gasteiger charge is -2.07. The Bertz CT molecular complexity index is 903. The van der Waals surface area contributed by atoms with E-state index in [0.29, 0.717) is 11.3 Å². The Kier molecular flexibility index (Phi) is 5.98. The standard InChI is InChI=1S/C18H13BrN4O2S/c19-13-10-21-18(22-11-13)25-14-6-8-15(9-7-14)26-17(20)23-16(24)12-4-2-1-3-5-12/h1-11H,(H2,20,23,24). The third kappa shape index (κ3) is 5.14. The molecule has 0 saturated heterocycles. The fourth-order valence-electron chi connectivity index (χ4n) is 1.94. The van der Waals surface area contributed by atoms with Gasteiger partial charge in [-0.3, -0.25) is 10.2 Å². The predicted octanol–water partition coefficient (Wildman–Crippen LogP) is 4.49. The predicted molar refractivity (Wildman–Crippen MR) is 104 cm³/mol. The number of amides is 1. The molecule has 2 aromatic carbocycles. The van der Waals surface area contributed by atoms with Crippen molar-refractivity contribution in [2.75, 3.05) is 0 Å². The van der Waals surface area contributed by atoms with Crippen LogP contribution in [-0.2, 0) is 0 Å². The summed E-state index contributed by atoms with van der Waals surface area (Å²) in [6.45, 7) is 0. The van der Waals surface area contributed by atoms with Crippen LogP contribution in [-0.4, -0.2) is 21.0 Å². The summed E-state index contributed by atoms with van der Waals surface area (Å²) in [7, 11) is 0. The lowest BCUT2D eigenvalue weighted by atomic mass is 10.2. The van der Waals surface area contributed by atoms with Crippen molar-refractivity contribution >= 4 is 38.8 Å². The van der Waals surface area contributed by atoms with Crippen molar-refractivity contribution in [3.63, 3.8) is 0 Å². The minimum atomic E-state index is -0.310. The molecule has 1 aromatic heterocycles. The zero-order valence-corrected chi connectivity index (χ0v) is 15.8. The molecule has 0 bridgehead atoms. The Labute approximate surface area is 162 Å². The molecule has 0 unspecified atom stereocenters. The van der Waals surface area contributed by atoms with E-state index in [0.717, 1.165) is 21.1 Å². The molecule has 3 aromatic rings. The summed E-state index contributed by atoms with van der Waals surface area (Å²) in [4.78, 5) is 20.9. The third-order valence-corrected chi connectivity index (χ3v) is 4.34. The SMILES string of the molecule is N=C(NC(=O)c1ccccc1)Sc1ccc(Oc2ncc(Br)cn2)cc1. The van der Waals surface area contributed by atoms with Crippen molar-refractivity contribution in [3.05, 3.63) is 77.0 Å². The number of hydrogen-bond acceptors (Lipinski definition) is 6. The molecule has 0 aliphatic rings. The largest absolute Gasteiger partial charge is 0.424 e. The molecule has 0 atom stereocenters. The molecule has 6 nitrogen and oxygen atoms in total. The highest BCUT2D eigenvalue weighted by Gasteiger charge is 2.09. The normalized spacial score (nSPS) is 10.2. The molecule has 2 N–H and O–H groups in total. The van der Waals surface area contributed by atoms with Crippen LogP contribution >= 0.6 is 27.7 Å². The average molecular weight is 429 g/mol. The minimum absolute atomic E-state index is 0.0452. The summed E-state index contributed by atoms with van der Waals surface area (Å²) < 4.78 is 6.31. The Morgan fingerprint density at radius 3 is 2.35 bits per heavy atom. The van der Waals surface area contributed by atoms with Gasteiger partial charge in [-0.15, -0.1) is 0 Å². The van der Waals surface area contributed by atoms with Crippen molar-refractivity contribution in [1.82, 2.24) is 15.3 Å². The van der Waals surface area contributed by atoms with E-state index in [2.05, 4.69) is 31.2 Å². The summed E-state index contributed by atoms with van der Waals surface area (Å²) in [6, 6.07) is 16.1. The molecule has 26 heavy (non-hydrogen) atoms. The van der Waals surface area contributed by atoms with Crippen LogP contribution in [0.5, 0.6) is 11.8 Å². The van der Waals surface area contributed by atoms with Gasteiger partial charge in [-0.05, 0) is 52.3 Å². The molecular formula is C18H13BrN4O2S. The van der Waals surface area contributed by atoms with E-state index in [1.165, 1.54) is 0 Å². The summed E-state index contributed by atoms with van der Waals surface area (Å²) in [6.07, 6.45) is 3.20. The number of nitrogens with one attached hydrogen (secondary N) is 2. The monoisotopic (exact) mass is 428 g/mol. The maximum atomic E-state index is 12.0. The quantitative estimate of drug-likeness (QED) is 0.363. The van der Waals surface area contributed by atoms with Gasteiger partial charge in [0, 0.05) is 22.9 Å². The highest BCUT2D eigenvalue weighted by Crippen LogP contribution is 2.24. The van der Waals surface area contributed by atoms with E-state index in [-0.39, 0.29) is 17.1 Å². The molecule has 0 spiro atoms. The lowest BCUT2D eigenvalue weighted by molar-refractivity contribution is 0.0978. The zero-order chi connectivity index (χ0) is 18.4. The molecule has 8 heteroatoms. The van der Waals surface area contributed by atoms with Gasteiger partial charge in [0.05, 0.1) is 4.47 Å². The molecule has 0 aliphatic carbocycles. The number of halogens is 1. The first-order chi connectivity index (χ1) is 12.6. The van der Waals surface area contributed by atoms with Crippen LogP contribution in [0.25, 0.3) is 0 Å². The summed E-state index contributed by atoms with van der Waals surface area (Å²) in [5, 5.41) is 10.5. The molecule has 0 aliphatic heterocycles. The first kappa shape index (κ1) is 18.1. The maximum absolute atomic E-state index is 12.0. The van der Waals surface area contributed by atoms with Crippen molar-refractivity contribution in [2.45, 2.75) is 4.90 Å². The second kappa shape index (κ2) is 8.59. The molecule has 3 rings (SSSR count). The summed E-state index contributed by atoms with van der Waals surface area (Å²) in [5.74, 6) is 0.270. The number of amidine groups is 1. The van der Waals surface area contributed by atoms with Gasteiger partial charge < -0.3 is 10.1 Å². The lowest BCUT2D eigenvalue weighted by Crippen LogP contribution is -2.27. The number of hydrogen-bond donors (Lipinski definition) is 2. The smallest absolute Gasteiger partial charge is 0.321 e. The second-order valence-corrected chi connectivity index (χ2v) is 7.01. The van der Waals surface area contributed by atoms with Crippen molar-refractivity contribution in [1.29, 1.82) is 5.41 Å². The number of carbonyl (C=O) groups excluding carboxylic acids is 1. The first-order valence-corrected chi connectivity index (χ1v) is 9.09. The molecule has 1 amide bonds. The third-order valence-electron chi connectivity index (χ3n) is 3.11. The van der Waals surface area contributed by atoms with E-state index in [4.69, 9.17) is 10.1 Å². The van der Waals surface area contributed by atoms with Gasteiger partial charge in [-0.1, -0.05) is 30.0 Å². The van der Waals surface area contributed by atoms with Gasteiger partial charge in [0.2, 0.25) is 0 Å². The van der Waals surface area contributed by atoms with Crippen LogP contribution in [0.15, 0.2) is 76.4 Å². The van der Waals surface area contributed by atoms with Gasteiger partial charge in [-0.25, -0.2) is 9.97 Å². The van der Waals surface area contributed by atoms with Crippen molar-refractivity contribution in [3.8, 4) is 11.8 Å². The summed E-state index contributed by atoms with van der Waals surface area (Å²) >= 11 is 4.40. The van der Waals surface area contributed by atoms with Crippen LogP contribution in [0.1, 0.15) is 10.4 Å². The van der Waals surface area contributed by atoms with Crippen LogP contribution < -0.4 is 10.1 Å². The number of aromatic nitrogens is 2. The average Bonchev–Trinajstić information content (AvgIpc) is 2.66. The van der Waals surface area contributed by atoms with Crippen molar-refractivity contribution in [2.24, 2.45) is 0 Å². The van der Waals surface area contributed by atoms with Crippen LogP contribution in [0.4, 0.5) is 0 Å². The van der Waals surface area contributed by atoms with Gasteiger partial charge in [0.25, 0.3) is 5.91 Å². The number of ether oxygens (including phenoxy) is 1. The topological polar surface area (TPSA) is 88.0 Å². The highest BCUT2D eigenvalue weighted by molar-refractivity contribution is 9.10. The molecule has 0 fully saturated rings. The van der Waals surface area contributed by atoms with Crippen molar-refractivity contribution < 1.29 is 9.53 Å². The van der Waals surface area contributed by atoms with Crippen LogP contribution in [0.2, 0.25) is 0 Å². The van der Waals surface area contributed by atoms with E-state index in [1.807, 2.05) is 6.07 Å². The Morgan fingerprint density at radius 1 is 1.04 bits per heavy atom. The number of carbonyl (C=O) groups is 1. The maximum Gasteiger partial charge on any atom is 0.321 e. The van der Waals surface area contributed by atoms with Gasteiger partial charge in [0.1, 0.15) is 5.75 Å². The first-order valence-electron chi connectivity index (χ1n) is 7.48. The van der Waals surface area contributed by atoms with E-state index >= 15 is 0 Å². The molecular weight excluding hydrogens is 416 g/mol. The molecule has 130 valence electrons. The molecule has 0 radical (unpaired) electrons.